The molecule has 0 aliphatic heterocycles. The third kappa shape index (κ3) is 5.27. The van der Waals surface area contributed by atoms with Crippen LogP contribution < -0.4 is 0 Å². The van der Waals surface area contributed by atoms with E-state index in [9.17, 15) is 0 Å². The number of benzene rings is 7. The Hall–Kier alpha value is -7.70. The van der Waals surface area contributed by atoms with Crippen LogP contribution in [0.2, 0.25) is 0 Å². The Bertz CT molecular complexity index is 3180. The van der Waals surface area contributed by atoms with E-state index < -0.39 is 0 Å². The van der Waals surface area contributed by atoms with Gasteiger partial charge >= 0.3 is 0 Å². The minimum Gasteiger partial charge on any atom is -0.309 e. The van der Waals surface area contributed by atoms with Gasteiger partial charge in [0.05, 0.1) is 16.6 Å². The van der Waals surface area contributed by atoms with Crippen molar-refractivity contribution in [3.8, 4) is 56.7 Å². The fourth-order valence-corrected chi connectivity index (χ4v) is 8.01. The highest BCUT2D eigenvalue weighted by atomic mass is 15.1. The number of hydrogen-bond acceptors (Lipinski definition) is 4. The largest absolute Gasteiger partial charge is 0.309 e. The molecule has 0 saturated carbocycles. The Morgan fingerprint density at radius 1 is 0.304 bits per heavy atom. The van der Waals surface area contributed by atoms with Crippen LogP contribution in [0.4, 0.5) is 0 Å². The van der Waals surface area contributed by atoms with Crippen LogP contribution in [0.25, 0.3) is 100 Å². The van der Waals surface area contributed by atoms with Crippen molar-refractivity contribution in [3.63, 3.8) is 0 Å². The summed E-state index contributed by atoms with van der Waals surface area (Å²) in [4.78, 5) is 19.9. The lowest BCUT2D eigenvalue weighted by atomic mass is 10.0. The summed E-state index contributed by atoms with van der Waals surface area (Å²) < 4.78 is 4.61. The van der Waals surface area contributed by atoms with Gasteiger partial charge in [0.25, 0.3) is 0 Å². The Morgan fingerprint density at radius 2 is 0.857 bits per heavy atom. The van der Waals surface area contributed by atoms with Gasteiger partial charge in [-0.1, -0.05) is 127 Å². The molecule has 262 valence electrons. The van der Waals surface area contributed by atoms with E-state index in [0.717, 1.165) is 61.1 Å². The zero-order valence-electron chi connectivity index (χ0n) is 30.2. The second-order valence-electron chi connectivity index (χ2n) is 14.0. The van der Waals surface area contributed by atoms with E-state index >= 15 is 0 Å². The summed E-state index contributed by atoms with van der Waals surface area (Å²) in [5, 5.41) is 4.69. The summed E-state index contributed by atoms with van der Waals surface area (Å²) in [6.45, 7) is 0. The van der Waals surface area contributed by atoms with E-state index in [1.165, 1.54) is 21.8 Å². The molecule has 0 amide bonds. The van der Waals surface area contributed by atoms with Gasteiger partial charge in [-0.15, -0.1) is 0 Å². The average molecular weight is 717 g/mol. The van der Waals surface area contributed by atoms with Crippen molar-refractivity contribution in [1.82, 2.24) is 29.1 Å². The molecule has 0 aliphatic carbocycles. The first-order chi connectivity index (χ1) is 27.8. The van der Waals surface area contributed by atoms with Gasteiger partial charge in [-0.25, -0.2) is 19.9 Å². The highest BCUT2D eigenvalue weighted by Gasteiger charge is 2.18. The predicted octanol–water partition coefficient (Wildman–Crippen LogP) is 12.1. The second-order valence-corrected chi connectivity index (χ2v) is 14.0. The van der Waals surface area contributed by atoms with Crippen LogP contribution >= 0.6 is 0 Å². The van der Waals surface area contributed by atoms with Crippen LogP contribution in [0.1, 0.15) is 0 Å². The number of para-hydroxylation sites is 2. The molecule has 0 unspecified atom stereocenters. The van der Waals surface area contributed by atoms with Crippen molar-refractivity contribution in [2.45, 2.75) is 0 Å². The second kappa shape index (κ2) is 13.0. The van der Waals surface area contributed by atoms with E-state index in [1.807, 2.05) is 72.9 Å². The lowest BCUT2D eigenvalue weighted by Crippen LogP contribution is -2.01. The highest BCUT2D eigenvalue weighted by Crippen LogP contribution is 2.38. The first-order valence-corrected chi connectivity index (χ1v) is 18.7. The smallest absolute Gasteiger partial charge is 0.164 e. The first-order valence-electron chi connectivity index (χ1n) is 18.7. The standard InChI is InChI=1S/C50H32N6/c1-4-14-33(15-5-1)47-52-48(34-16-6-2-7-17-34)54-49(53-47)37-18-12-21-39(30-37)56-46-32-36(25-27-41(46)42-23-13-29-51-50(42)56)35-26-28-45-43(31-35)40-22-10-11-24-44(40)55(45)38-19-8-3-9-20-38/h1-32H. The molecule has 0 radical (unpaired) electrons. The van der Waals surface area contributed by atoms with Gasteiger partial charge in [0.2, 0.25) is 0 Å². The molecule has 4 heterocycles. The Labute approximate surface area is 322 Å². The molecular weight excluding hydrogens is 685 g/mol. The first kappa shape index (κ1) is 31.8. The maximum atomic E-state index is 5.02. The molecular formula is C50H32N6. The van der Waals surface area contributed by atoms with Gasteiger partial charge in [0, 0.05) is 55.8 Å². The average Bonchev–Trinajstić information content (AvgIpc) is 3.79. The van der Waals surface area contributed by atoms with Gasteiger partial charge in [-0.05, 0) is 71.8 Å². The minimum atomic E-state index is 0.608. The number of rotatable bonds is 6. The number of nitrogens with zero attached hydrogens (tertiary/aromatic N) is 6. The quantitative estimate of drug-likeness (QED) is 0.172. The van der Waals surface area contributed by atoms with Crippen molar-refractivity contribution >= 4 is 43.7 Å². The molecule has 0 saturated heterocycles. The van der Waals surface area contributed by atoms with Crippen LogP contribution in [-0.4, -0.2) is 29.1 Å². The lowest BCUT2D eigenvalue weighted by molar-refractivity contribution is 1.07. The molecule has 4 aromatic heterocycles. The molecule has 0 N–H and O–H groups in total. The third-order valence-corrected chi connectivity index (χ3v) is 10.6. The van der Waals surface area contributed by atoms with Gasteiger partial charge in [-0.2, -0.15) is 0 Å². The summed E-state index contributed by atoms with van der Waals surface area (Å²) in [5.41, 5.74) is 11.5. The topological polar surface area (TPSA) is 61.4 Å². The number of aromatic nitrogens is 6. The van der Waals surface area contributed by atoms with E-state index in [-0.39, 0.29) is 0 Å². The minimum absolute atomic E-state index is 0.608. The van der Waals surface area contributed by atoms with Crippen LogP contribution in [0, 0.1) is 0 Å². The van der Waals surface area contributed by atoms with E-state index in [2.05, 4.69) is 130 Å². The molecule has 7 aromatic carbocycles. The molecule has 6 heteroatoms. The number of hydrogen-bond donors (Lipinski definition) is 0. The molecule has 0 fully saturated rings. The van der Waals surface area contributed by atoms with Crippen molar-refractivity contribution in [2.75, 3.05) is 0 Å². The summed E-state index contributed by atoms with van der Waals surface area (Å²) in [5.74, 6) is 1.87. The van der Waals surface area contributed by atoms with Crippen molar-refractivity contribution in [2.24, 2.45) is 0 Å². The predicted molar refractivity (Wildman–Crippen MR) is 228 cm³/mol. The maximum absolute atomic E-state index is 5.02. The summed E-state index contributed by atoms with van der Waals surface area (Å²) in [6.07, 6.45) is 1.86. The fourth-order valence-electron chi connectivity index (χ4n) is 8.01. The van der Waals surface area contributed by atoms with E-state index in [1.54, 1.807) is 0 Å². The summed E-state index contributed by atoms with van der Waals surface area (Å²) in [7, 11) is 0. The zero-order valence-corrected chi connectivity index (χ0v) is 30.2. The van der Waals surface area contributed by atoms with Crippen LogP contribution in [0.5, 0.6) is 0 Å². The fraction of sp³-hybridized carbons (Fsp3) is 0. The molecule has 11 aromatic rings. The van der Waals surface area contributed by atoms with Crippen molar-refractivity contribution in [1.29, 1.82) is 0 Å². The van der Waals surface area contributed by atoms with Crippen LogP contribution in [0.15, 0.2) is 194 Å². The SMILES string of the molecule is c1ccc(-c2nc(-c3ccccc3)nc(-c3cccc(-n4c5cc(-c6ccc7c(c6)c6ccccc6n7-c6ccccc6)ccc5c5cccnc54)c3)n2)cc1. The van der Waals surface area contributed by atoms with Gasteiger partial charge in [0.15, 0.2) is 17.5 Å². The van der Waals surface area contributed by atoms with E-state index in [4.69, 9.17) is 19.9 Å². The van der Waals surface area contributed by atoms with Crippen LogP contribution in [0.3, 0.4) is 0 Å². The van der Waals surface area contributed by atoms with Gasteiger partial charge < -0.3 is 4.57 Å². The van der Waals surface area contributed by atoms with Crippen LogP contribution in [-0.2, 0) is 0 Å². The van der Waals surface area contributed by atoms with Gasteiger partial charge in [-0.3, -0.25) is 4.57 Å². The van der Waals surface area contributed by atoms with Gasteiger partial charge in [0.1, 0.15) is 5.65 Å². The molecule has 6 nitrogen and oxygen atoms in total. The molecule has 11 rings (SSSR count). The monoisotopic (exact) mass is 716 g/mol. The maximum Gasteiger partial charge on any atom is 0.164 e. The highest BCUT2D eigenvalue weighted by molar-refractivity contribution is 6.12. The Morgan fingerprint density at radius 3 is 1.61 bits per heavy atom. The van der Waals surface area contributed by atoms with E-state index in [0.29, 0.717) is 17.5 Å². The molecule has 0 aliphatic rings. The van der Waals surface area contributed by atoms with Crippen molar-refractivity contribution in [3.05, 3.63) is 194 Å². The molecule has 0 atom stereocenters. The summed E-state index contributed by atoms with van der Waals surface area (Å²) >= 11 is 0. The molecule has 0 bridgehead atoms. The third-order valence-electron chi connectivity index (χ3n) is 10.6. The molecule has 0 spiro atoms. The Kier molecular flexibility index (Phi) is 7.38. The normalized spacial score (nSPS) is 11.6. The lowest BCUT2D eigenvalue weighted by Gasteiger charge is -2.12. The summed E-state index contributed by atoms with van der Waals surface area (Å²) in [6, 6.07) is 65.6. The Balaban J connectivity index is 1.08. The van der Waals surface area contributed by atoms with Crippen molar-refractivity contribution < 1.29 is 0 Å². The zero-order chi connectivity index (χ0) is 37.0. The molecule has 56 heavy (non-hydrogen) atoms. The number of pyridine rings is 1. The number of fused-ring (bicyclic) bond motifs is 6.